The highest BCUT2D eigenvalue weighted by Gasteiger charge is 2.27. The van der Waals surface area contributed by atoms with Gasteiger partial charge in [0.2, 0.25) is 0 Å². The smallest absolute Gasteiger partial charge is 0.142 e. The Kier molecular flexibility index (Phi) is 5.47. The number of nitrogens with zero attached hydrogens (tertiary/aromatic N) is 3. The van der Waals surface area contributed by atoms with Gasteiger partial charge in [0.1, 0.15) is 24.2 Å². The molecule has 0 radical (unpaired) electrons. The molecule has 0 aliphatic carbocycles. The Hall–Kier alpha value is -2.14. The van der Waals surface area contributed by atoms with E-state index >= 15 is 0 Å². The summed E-state index contributed by atoms with van der Waals surface area (Å²) in [6, 6.07) is 4.82. The molecular weight excluding hydrogens is 324 g/mol. The first-order chi connectivity index (χ1) is 12.4. The highest BCUT2D eigenvalue weighted by molar-refractivity contribution is 5.70. The summed E-state index contributed by atoms with van der Waals surface area (Å²) in [7, 11) is 0. The minimum Gasteiger partial charge on any atom is -0.356 e. The lowest BCUT2D eigenvalue weighted by Crippen LogP contribution is -2.40. The van der Waals surface area contributed by atoms with E-state index < -0.39 is 0 Å². The van der Waals surface area contributed by atoms with Crippen LogP contribution < -0.4 is 10.2 Å². The minimum atomic E-state index is 0.430. The van der Waals surface area contributed by atoms with Crippen LogP contribution in [0.1, 0.15) is 54.8 Å². The molecule has 0 bridgehead atoms. The van der Waals surface area contributed by atoms with Gasteiger partial charge in [-0.05, 0) is 51.7 Å². The van der Waals surface area contributed by atoms with E-state index in [9.17, 15) is 0 Å². The predicted molar refractivity (Wildman–Crippen MR) is 107 cm³/mol. The van der Waals surface area contributed by atoms with Gasteiger partial charge < -0.3 is 15.0 Å². The Morgan fingerprint density at radius 3 is 2.35 bits per heavy atom. The summed E-state index contributed by atoms with van der Waals surface area (Å²) >= 11 is 0. The summed E-state index contributed by atoms with van der Waals surface area (Å²) < 4.78 is 5.90. The summed E-state index contributed by atoms with van der Waals surface area (Å²) in [5.41, 5.74) is 5.89. The molecule has 140 valence electrons. The van der Waals surface area contributed by atoms with E-state index in [0.29, 0.717) is 19.4 Å². The van der Waals surface area contributed by atoms with Crippen molar-refractivity contribution in [3.05, 3.63) is 40.2 Å². The zero-order chi connectivity index (χ0) is 18.8. The van der Waals surface area contributed by atoms with Crippen LogP contribution in [0, 0.1) is 27.7 Å². The number of fused-ring (bicyclic) bond motifs is 1. The molecule has 3 rings (SSSR count). The van der Waals surface area contributed by atoms with Crippen molar-refractivity contribution in [2.24, 2.45) is 0 Å². The second kappa shape index (κ2) is 7.62. The number of benzene rings is 1. The van der Waals surface area contributed by atoms with Gasteiger partial charge in [-0.25, -0.2) is 9.97 Å². The molecule has 1 aromatic carbocycles. The Morgan fingerprint density at radius 2 is 1.73 bits per heavy atom. The quantitative estimate of drug-likeness (QED) is 0.824. The molecule has 0 fully saturated rings. The van der Waals surface area contributed by atoms with Gasteiger partial charge in [-0.3, -0.25) is 0 Å². The van der Waals surface area contributed by atoms with Gasteiger partial charge in [-0.1, -0.05) is 31.5 Å². The molecule has 0 unspecified atom stereocenters. The second-order valence-corrected chi connectivity index (χ2v) is 7.24. The number of aromatic nitrogens is 2. The van der Waals surface area contributed by atoms with E-state index in [0.717, 1.165) is 41.6 Å². The molecule has 26 heavy (non-hydrogen) atoms. The van der Waals surface area contributed by atoms with Crippen molar-refractivity contribution in [1.29, 1.82) is 0 Å². The van der Waals surface area contributed by atoms with Crippen molar-refractivity contribution in [3.63, 3.8) is 0 Å². The number of aryl methyl sites for hydroxylation is 4. The number of hydrogen-bond donors (Lipinski definition) is 1. The van der Waals surface area contributed by atoms with Crippen molar-refractivity contribution in [2.45, 2.75) is 67.0 Å². The first-order valence-electron chi connectivity index (χ1n) is 9.51. The minimum absolute atomic E-state index is 0.430. The van der Waals surface area contributed by atoms with Gasteiger partial charge >= 0.3 is 0 Å². The zero-order valence-corrected chi connectivity index (χ0v) is 16.8. The highest BCUT2D eigenvalue weighted by Crippen LogP contribution is 2.34. The van der Waals surface area contributed by atoms with Crippen LogP contribution in [0.3, 0.4) is 0 Å². The number of nitrogens with one attached hydrogen (secondary N) is 1. The molecule has 2 aromatic rings. The van der Waals surface area contributed by atoms with Crippen molar-refractivity contribution in [2.75, 3.05) is 16.9 Å². The summed E-state index contributed by atoms with van der Waals surface area (Å²) in [5, 5.41) is 3.57. The lowest BCUT2D eigenvalue weighted by Gasteiger charge is -2.36. The van der Waals surface area contributed by atoms with Crippen LogP contribution >= 0.6 is 0 Å². The fourth-order valence-electron chi connectivity index (χ4n) is 3.87. The molecule has 1 aromatic heterocycles. The monoisotopic (exact) mass is 354 g/mol. The molecule has 5 nitrogen and oxygen atoms in total. The summed E-state index contributed by atoms with van der Waals surface area (Å²) in [6.45, 7) is 13.9. The van der Waals surface area contributed by atoms with Gasteiger partial charge in [0.25, 0.3) is 0 Å². The maximum absolute atomic E-state index is 5.90. The van der Waals surface area contributed by atoms with Crippen molar-refractivity contribution in [3.8, 4) is 0 Å². The summed E-state index contributed by atoms with van der Waals surface area (Å²) in [5.74, 6) is 2.66. The molecule has 5 heteroatoms. The SMILES string of the molecule is CCC(CC)N1COCc2c(Nc3c(C)cc(C)cc3C)nc(C)nc21. The molecular formula is C21H30N4O. The van der Waals surface area contributed by atoms with Crippen LogP contribution in [0.4, 0.5) is 17.3 Å². The maximum atomic E-state index is 5.90. The average molecular weight is 354 g/mol. The van der Waals surface area contributed by atoms with Gasteiger partial charge in [-0.15, -0.1) is 0 Å². The molecule has 2 heterocycles. The Morgan fingerprint density at radius 1 is 1.08 bits per heavy atom. The Bertz CT molecular complexity index is 776. The van der Waals surface area contributed by atoms with Crippen LogP contribution in [-0.2, 0) is 11.3 Å². The lowest BCUT2D eigenvalue weighted by atomic mass is 10.0. The van der Waals surface area contributed by atoms with E-state index in [-0.39, 0.29) is 0 Å². The summed E-state index contributed by atoms with van der Waals surface area (Å²) in [4.78, 5) is 11.8. The first kappa shape index (κ1) is 18.6. The van der Waals surface area contributed by atoms with Crippen LogP contribution in [0.5, 0.6) is 0 Å². The maximum Gasteiger partial charge on any atom is 0.142 e. The van der Waals surface area contributed by atoms with Crippen LogP contribution in [0.2, 0.25) is 0 Å². The Balaban J connectivity index is 2.05. The molecule has 1 aliphatic heterocycles. The molecule has 0 spiro atoms. The topological polar surface area (TPSA) is 50.3 Å². The Labute approximate surface area is 156 Å². The van der Waals surface area contributed by atoms with Gasteiger partial charge in [0.05, 0.1) is 12.2 Å². The molecule has 1 aliphatic rings. The van der Waals surface area contributed by atoms with E-state index in [4.69, 9.17) is 14.7 Å². The van der Waals surface area contributed by atoms with E-state index in [1.54, 1.807) is 0 Å². The number of rotatable bonds is 5. The van der Waals surface area contributed by atoms with E-state index in [1.165, 1.54) is 16.7 Å². The second-order valence-electron chi connectivity index (χ2n) is 7.24. The van der Waals surface area contributed by atoms with Crippen LogP contribution in [0.15, 0.2) is 12.1 Å². The standard InChI is InChI=1S/C21H30N4O/c1-7-17(8-2)25-12-26-11-18-20(22-16(6)23-21(18)25)24-19-14(4)9-13(3)10-15(19)5/h9-10,17H,7-8,11-12H2,1-6H3,(H,22,23,24). The fraction of sp³-hybridized carbons (Fsp3) is 0.524. The van der Waals surface area contributed by atoms with Crippen LogP contribution in [0.25, 0.3) is 0 Å². The van der Waals surface area contributed by atoms with E-state index in [2.05, 4.69) is 57.0 Å². The molecule has 0 atom stereocenters. The third-order valence-corrected chi connectivity index (χ3v) is 5.15. The molecule has 0 saturated carbocycles. The number of ether oxygens (including phenoxy) is 1. The average Bonchev–Trinajstić information content (AvgIpc) is 2.59. The van der Waals surface area contributed by atoms with Crippen molar-refractivity contribution >= 4 is 17.3 Å². The fourth-order valence-corrected chi connectivity index (χ4v) is 3.87. The van der Waals surface area contributed by atoms with Crippen LogP contribution in [-0.4, -0.2) is 22.7 Å². The third kappa shape index (κ3) is 3.54. The van der Waals surface area contributed by atoms with Crippen molar-refractivity contribution in [1.82, 2.24) is 9.97 Å². The molecule has 0 amide bonds. The zero-order valence-electron chi connectivity index (χ0n) is 16.8. The molecule has 1 N–H and O–H groups in total. The third-order valence-electron chi connectivity index (χ3n) is 5.15. The van der Waals surface area contributed by atoms with E-state index in [1.807, 2.05) is 6.92 Å². The highest BCUT2D eigenvalue weighted by atomic mass is 16.5. The largest absolute Gasteiger partial charge is 0.356 e. The lowest BCUT2D eigenvalue weighted by molar-refractivity contribution is 0.102. The molecule has 0 saturated heterocycles. The summed E-state index contributed by atoms with van der Waals surface area (Å²) in [6.07, 6.45) is 2.14. The first-order valence-corrected chi connectivity index (χ1v) is 9.51. The predicted octanol–water partition coefficient (Wildman–Crippen LogP) is 4.94. The van der Waals surface area contributed by atoms with Gasteiger partial charge in [0.15, 0.2) is 0 Å². The van der Waals surface area contributed by atoms with Gasteiger partial charge in [0, 0.05) is 11.7 Å². The number of hydrogen-bond acceptors (Lipinski definition) is 5. The van der Waals surface area contributed by atoms with Crippen molar-refractivity contribution < 1.29 is 4.74 Å². The normalized spacial score (nSPS) is 13.9. The number of anilines is 3. The van der Waals surface area contributed by atoms with Gasteiger partial charge in [-0.2, -0.15) is 0 Å².